The van der Waals surface area contributed by atoms with Crippen LogP contribution in [0.2, 0.25) is 0 Å². The van der Waals surface area contributed by atoms with Crippen LogP contribution in [-0.4, -0.2) is 30.4 Å². The van der Waals surface area contributed by atoms with Gasteiger partial charge >= 0.3 is 0 Å². The van der Waals surface area contributed by atoms with E-state index in [2.05, 4.69) is 17.2 Å². The Morgan fingerprint density at radius 3 is 3.00 bits per heavy atom. The highest BCUT2D eigenvalue weighted by Gasteiger charge is 2.40. The number of fused-ring (bicyclic) bond motifs is 1. The topological polar surface area (TPSA) is 78.6 Å². The average molecular weight is 325 g/mol. The van der Waals surface area contributed by atoms with Gasteiger partial charge in [0.05, 0.1) is 11.8 Å². The lowest BCUT2D eigenvalue weighted by molar-refractivity contribution is -0.129. The molecule has 1 aliphatic heterocycles. The van der Waals surface area contributed by atoms with Crippen molar-refractivity contribution in [1.82, 2.24) is 10.2 Å². The molecular formula is C18H19N3O3. The number of carbonyl (C=O) groups excluding carboxylic acids is 1. The lowest BCUT2D eigenvalue weighted by atomic mass is 9.92. The van der Waals surface area contributed by atoms with Crippen molar-refractivity contribution in [3.63, 3.8) is 0 Å². The monoisotopic (exact) mass is 325 g/mol. The smallest absolute Gasteiger partial charge is 0.231 e. The Morgan fingerprint density at radius 1 is 1.50 bits per heavy atom. The molecule has 6 heteroatoms. The Bertz CT molecular complexity index is 854. The van der Waals surface area contributed by atoms with Crippen molar-refractivity contribution in [2.75, 3.05) is 13.7 Å². The predicted molar refractivity (Wildman–Crippen MR) is 90.8 cm³/mol. The zero-order valence-electron chi connectivity index (χ0n) is 13.9. The van der Waals surface area contributed by atoms with E-state index in [1.807, 2.05) is 31.2 Å². The van der Waals surface area contributed by atoms with Crippen LogP contribution in [0.5, 0.6) is 5.75 Å². The summed E-state index contributed by atoms with van der Waals surface area (Å²) in [5.41, 5.74) is -0.0897. The van der Waals surface area contributed by atoms with Gasteiger partial charge in [0.1, 0.15) is 29.2 Å². The number of nitrogens with zero attached hydrogens (tertiary/aromatic N) is 1. The molecule has 124 valence electrons. The molecule has 1 aromatic carbocycles. The van der Waals surface area contributed by atoms with Crippen LogP contribution in [0.1, 0.15) is 26.0 Å². The molecule has 1 saturated heterocycles. The first-order valence-corrected chi connectivity index (χ1v) is 7.63. The molecule has 2 heterocycles. The summed E-state index contributed by atoms with van der Waals surface area (Å²) in [6.45, 7) is 3.92. The first-order chi connectivity index (χ1) is 11.4. The molecule has 6 nitrogen and oxygen atoms in total. The van der Waals surface area contributed by atoms with E-state index in [-0.39, 0.29) is 18.3 Å². The fourth-order valence-corrected chi connectivity index (χ4v) is 2.70. The highest BCUT2D eigenvalue weighted by Crippen LogP contribution is 2.36. The molecule has 1 aliphatic rings. The van der Waals surface area contributed by atoms with E-state index in [9.17, 15) is 4.79 Å². The van der Waals surface area contributed by atoms with E-state index < -0.39 is 5.54 Å². The molecule has 2 N–H and O–H groups in total. The molecule has 0 spiro atoms. The van der Waals surface area contributed by atoms with Crippen LogP contribution < -0.4 is 10.1 Å². The Kier molecular flexibility index (Phi) is 3.94. The van der Waals surface area contributed by atoms with Crippen LogP contribution in [0.15, 0.2) is 28.7 Å². The summed E-state index contributed by atoms with van der Waals surface area (Å²) < 4.78 is 11.6. The fourth-order valence-electron chi connectivity index (χ4n) is 2.70. The quantitative estimate of drug-likeness (QED) is 0.850. The van der Waals surface area contributed by atoms with Gasteiger partial charge in [0.25, 0.3) is 0 Å². The molecule has 0 aliphatic carbocycles. The normalized spacial score (nSPS) is 20.5. The van der Waals surface area contributed by atoms with Gasteiger partial charge in [-0.3, -0.25) is 15.1 Å². The van der Waals surface area contributed by atoms with Crippen LogP contribution in [0.25, 0.3) is 11.0 Å². The zero-order chi connectivity index (χ0) is 17.3. The molecule has 0 saturated carbocycles. The third-order valence-corrected chi connectivity index (χ3v) is 4.15. The van der Waals surface area contributed by atoms with Crippen LogP contribution in [0.4, 0.5) is 0 Å². The van der Waals surface area contributed by atoms with Crippen molar-refractivity contribution >= 4 is 22.8 Å². The van der Waals surface area contributed by atoms with E-state index >= 15 is 0 Å². The summed E-state index contributed by atoms with van der Waals surface area (Å²) in [4.78, 5) is 13.4. The van der Waals surface area contributed by atoms with E-state index in [4.69, 9.17) is 14.6 Å². The number of amides is 1. The Balaban J connectivity index is 1.98. The number of furan rings is 1. The highest BCUT2D eigenvalue weighted by molar-refractivity contribution is 5.99. The van der Waals surface area contributed by atoms with Crippen LogP contribution in [0.3, 0.4) is 0 Å². The fraction of sp³-hybridized carbons (Fsp3) is 0.333. The van der Waals surface area contributed by atoms with Crippen LogP contribution in [0, 0.1) is 17.3 Å². The molecule has 1 aromatic heterocycles. The van der Waals surface area contributed by atoms with Crippen molar-refractivity contribution in [1.29, 1.82) is 5.41 Å². The zero-order valence-corrected chi connectivity index (χ0v) is 13.9. The predicted octanol–water partition coefficient (Wildman–Crippen LogP) is 2.44. The lowest BCUT2D eigenvalue weighted by Gasteiger charge is -2.37. The molecule has 1 atom stereocenters. The van der Waals surface area contributed by atoms with Gasteiger partial charge in [-0.25, -0.2) is 0 Å². The lowest BCUT2D eigenvalue weighted by Crippen LogP contribution is -2.58. The van der Waals surface area contributed by atoms with Crippen molar-refractivity contribution in [3.05, 3.63) is 30.0 Å². The van der Waals surface area contributed by atoms with Gasteiger partial charge in [-0.1, -0.05) is 12.0 Å². The standard InChI is InChI=1S/C18H19N3O3/c1-4-5-9-23-13-7-6-8-14-12(13)10-15(24-14)18(2)11-16(22)21(3)17(19)20-18/h6-8,10H,9,11H2,1-3H3,(H2,19,20). The number of carbonyl (C=O) groups is 1. The van der Waals surface area contributed by atoms with Gasteiger partial charge in [-0.05, 0) is 32.0 Å². The maximum Gasteiger partial charge on any atom is 0.231 e. The molecule has 24 heavy (non-hydrogen) atoms. The van der Waals surface area contributed by atoms with Crippen molar-refractivity contribution in [3.8, 4) is 17.6 Å². The summed E-state index contributed by atoms with van der Waals surface area (Å²) >= 11 is 0. The number of rotatable bonds is 3. The number of guanidine groups is 1. The minimum absolute atomic E-state index is 0.0592. The van der Waals surface area contributed by atoms with Gasteiger partial charge < -0.3 is 14.5 Å². The molecule has 1 fully saturated rings. The minimum atomic E-state index is -0.764. The number of hydrogen-bond acceptors (Lipinski definition) is 4. The maximum absolute atomic E-state index is 12.1. The minimum Gasteiger partial charge on any atom is -0.480 e. The summed E-state index contributed by atoms with van der Waals surface area (Å²) in [5, 5.41) is 11.8. The van der Waals surface area contributed by atoms with Gasteiger partial charge in [-0.2, -0.15) is 0 Å². The van der Waals surface area contributed by atoms with Gasteiger partial charge in [-0.15, -0.1) is 5.92 Å². The summed E-state index contributed by atoms with van der Waals surface area (Å²) in [5.74, 6) is 6.86. The first kappa shape index (κ1) is 15.9. The van der Waals surface area contributed by atoms with Gasteiger partial charge in [0.15, 0.2) is 5.96 Å². The van der Waals surface area contributed by atoms with E-state index in [1.54, 1.807) is 14.0 Å². The van der Waals surface area contributed by atoms with E-state index in [0.717, 1.165) is 5.39 Å². The Hall–Kier alpha value is -2.94. The van der Waals surface area contributed by atoms with E-state index in [0.29, 0.717) is 23.7 Å². The average Bonchev–Trinajstić information content (AvgIpc) is 2.99. The van der Waals surface area contributed by atoms with Crippen LogP contribution >= 0.6 is 0 Å². The molecule has 3 rings (SSSR count). The summed E-state index contributed by atoms with van der Waals surface area (Å²) in [7, 11) is 1.58. The summed E-state index contributed by atoms with van der Waals surface area (Å²) in [6.07, 6.45) is 0.212. The largest absolute Gasteiger partial charge is 0.480 e. The number of ether oxygens (including phenoxy) is 1. The molecule has 0 bridgehead atoms. The number of benzene rings is 1. The second kappa shape index (κ2) is 5.93. The number of hydrogen-bond donors (Lipinski definition) is 2. The van der Waals surface area contributed by atoms with Crippen molar-refractivity contribution < 1.29 is 13.9 Å². The molecule has 1 amide bonds. The van der Waals surface area contributed by atoms with Gasteiger partial charge in [0.2, 0.25) is 5.91 Å². The summed E-state index contributed by atoms with van der Waals surface area (Å²) in [6, 6.07) is 7.42. The maximum atomic E-state index is 12.1. The molecular weight excluding hydrogens is 306 g/mol. The van der Waals surface area contributed by atoms with Crippen LogP contribution in [-0.2, 0) is 10.3 Å². The van der Waals surface area contributed by atoms with Crippen molar-refractivity contribution in [2.45, 2.75) is 25.8 Å². The Labute approximate surface area is 140 Å². The third kappa shape index (κ3) is 2.69. The molecule has 1 unspecified atom stereocenters. The highest BCUT2D eigenvalue weighted by atomic mass is 16.5. The molecule has 2 aromatic rings. The van der Waals surface area contributed by atoms with Crippen molar-refractivity contribution in [2.24, 2.45) is 0 Å². The second-order valence-corrected chi connectivity index (χ2v) is 5.93. The third-order valence-electron chi connectivity index (χ3n) is 4.15. The van der Waals surface area contributed by atoms with Gasteiger partial charge in [0, 0.05) is 7.05 Å². The second-order valence-electron chi connectivity index (χ2n) is 5.93. The Morgan fingerprint density at radius 2 is 2.29 bits per heavy atom. The van der Waals surface area contributed by atoms with E-state index in [1.165, 1.54) is 4.90 Å². The number of nitrogens with one attached hydrogen (secondary N) is 2. The molecule has 0 radical (unpaired) electrons. The SMILES string of the molecule is CC#CCOc1cccc2oc(C3(C)CC(=O)N(C)C(=N)N3)cc12. The first-order valence-electron chi connectivity index (χ1n) is 7.63.